The quantitative estimate of drug-likeness (QED) is 0.860. The predicted molar refractivity (Wildman–Crippen MR) is 64.0 cm³/mol. The molecule has 1 aromatic heterocycles. The van der Waals surface area contributed by atoms with Gasteiger partial charge in [-0.3, -0.25) is 0 Å². The van der Waals surface area contributed by atoms with Gasteiger partial charge in [0.2, 0.25) is 5.82 Å². The zero-order valence-corrected chi connectivity index (χ0v) is 10.8. The van der Waals surface area contributed by atoms with Gasteiger partial charge in [0.25, 0.3) is 0 Å². The maximum absolute atomic E-state index is 12.5. The molecule has 4 nitrogen and oxygen atoms in total. The second-order valence-electron chi connectivity index (χ2n) is 5.23. The van der Waals surface area contributed by atoms with Gasteiger partial charge in [-0.15, -0.1) is 0 Å². The molecule has 0 spiro atoms. The van der Waals surface area contributed by atoms with Crippen LogP contribution in [0, 0.1) is 5.41 Å². The number of alkyl halides is 3. The van der Waals surface area contributed by atoms with Crippen LogP contribution in [-0.4, -0.2) is 16.0 Å². The van der Waals surface area contributed by atoms with Gasteiger partial charge in [0.05, 0.1) is 0 Å². The number of rotatable bonds is 2. The third-order valence-electron chi connectivity index (χ3n) is 2.66. The summed E-state index contributed by atoms with van der Waals surface area (Å²) in [7, 11) is 0. The van der Waals surface area contributed by atoms with Crippen LogP contribution >= 0.6 is 0 Å². The molecule has 0 amide bonds. The Labute approximate surface area is 104 Å². The Hall–Kier alpha value is -1.53. The first-order valence-electron chi connectivity index (χ1n) is 5.48. The van der Waals surface area contributed by atoms with Gasteiger partial charge in [0.15, 0.2) is 0 Å². The highest BCUT2D eigenvalue weighted by molar-refractivity contribution is 5.45. The van der Waals surface area contributed by atoms with Gasteiger partial charge in [-0.2, -0.15) is 13.2 Å². The van der Waals surface area contributed by atoms with Crippen molar-refractivity contribution in [1.82, 2.24) is 9.97 Å². The van der Waals surface area contributed by atoms with E-state index in [-0.39, 0.29) is 23.1 Å². The average Bonchev–Trinajstić information content (AvgIpc) is 2.13. The normalized spacial score (nSPS) is 14.4. The zero-order valence-electron chi connectivity index (χ0n) is 10.8. The average molecular weight is 262 g/mol. The summed E-state index contributed by atoms with van der Waals surface area (Å²) in [4.78, 5) is 6.61. The molecule has 102 valence electrons. The number of hydrogen-bond acceptors (Lipinski definition) is 4. The molecule has 0 fully saturated rings. The number of nitrogens with zero attached hydrogens (tertiary/aromatic N) is 2. The topological polar surface area (TPSA) is 63.8 Å². The Bertz CT molecular complexity index is 423. The summed E-state index contributed by atoms with van der Waals surface area (Å²) in [5.41, 5.74) is 5.24. The van der Waals surface area contributed by atoms with Crippen LogP contribution < -0.4 is 11.1 Å². The Kier molecular flexibility index (Phi) is 3.73. The molecule has 0 aromatic carbocycles. The fraction of sp³-hybridized carbons (Fsp3) is 0.636. The summed E-state index contributed by atoms with van der Waals surface area (Å²) in [5, 5.41) is 2.90. The largest absolute Gasteiger partial charge is 0.451 e. The minimum atomic E-state index is -4.60. The molecule has 1 atom stereocenters. The number of aromatic nitrogens is 2. The van der Waals surface area contributed by atoms with Gasteiger partial charge in [-0.25, -0.2) is 9.97 Å². The molecule has 7 heteroatoms. The van der Waals surface area contributed by atoms with Crippen molar-refractivity contribution < 1.29 is 13.2 Å². The van der Waals surface area contributed by atoms with E-state index in [2.05, 4.69) is 15.3 Å². The fourth-order valence-electron chi connectivity index (χ4n) is 1.11. The maximum Gasteiger partial charge on any atom is 0.451 e. The molecule has 3 N–H and O–H groups in total. The Balaban J connectivity index is 3.01. The Morgan fingerprint density at radius 3 is 2.22 bits per heavy atom. The molecule has 0 bridgehead atoms. The second kappa shape index (κ2) is 4.62. The van der Waals surface area contributed by atoms with Crippen molar-refractivity contribution in [3.05, 3.63) is 11.9 Å². The molecule has 1 aromatic rings. The first-order valence-corrected chi connectivity index (χ1v) is 5.48. The number of nitrogens with one attached hydrogen (secondary N) is 1. The lowest BCUT2D eigenvalue weighted by molar-refractivity contribution is -0.144. The smallest absolute Gasteiger partial charge is 0.384 e. The zero-order chi connectivity index (χ0) is 14.1. The highest BCUT2D eigenvalue weighted by Crippen LogP contribution is 2.29. The number of hydrogen-bond donors (Lipinski definition) is 2. The van der Waals surface area contributed by atoms with Crippen LogP contribution in [0.2, 0.25) is 0 Å². The lowest BCUT2D eigenvalue weighted by atomic mass is 9.88. The van der Waals surface area contributed by atoms with Crippen LogP contribution in [0.25, 0.3) is 0 Å². The fourth-order valence-corrected chi connectivity index (χ4v) is 1.11. The van der Waals surface area contributed by atoms with E-state index in [1.807, 2.05) is 27.7 Å². The minimum absolute atomic E-state index is 0.0621. The SMILES string of the molecule is CC(Nc1cc(N)nc(C(F)(F)F)n1)C(C)(C)C. The van der Waals surface area contributed by atoms with E-state index in [1.165, 1.54) is 6.07 Å². The summed E-state index contributed by atoms with van der Waals surface area (Å²) in [6, 6.07) is 1.23. The van der Waals surface area contributed by atoms with E-state index in [4.69, 9.17) is 5.73 Å². The summed E-state index contributed by atoms with van der Waals surface area (Å²) in [6.45, 7) is 7.78. The van der Waals surface area contributed by atoms with Crippen molar-refractivity contribution in [2.75, 3.05) is 11.1 Å². The van der Waals surface area contributed by atoms with Crippen molar-refractivity contribution in [3.8, 4) is 0 Å². The van der Waals surface area contributed by atoms with Crippen molar-refractivity contribution in [1.29, 1.82) is 0 Å². The van der Waals surface area contributed by atoms with Crippen LogP contribution in [0.15, 0.2) is 6.07 Å². The van der Waals surface area contributed by atoms with Crippen LogP contribution in [-0.2, 0) is 6.18 Å². The number of nitrogen functional groups attached to an aromatic ring is 1. The molecule has 0 aliphatic heterocycles. The van der Waals surface area contributed by atoms with Crippen LogP contribution in [0.3, 0.4) is 0 Å². The molecular weight excluding hydrogens is 245 g/mol. The molecule has 1 unspecified atom stereocenters. The molecule has 18 heavy (non-hydrogen) atoms. The molecule has 0 saturated carbocycles. The van der Waals surface area contributed by atoms with E-state index in [0.717, 1.165) is 0 Å². The monoisotopic (exact) mass is 262 g/mol. The van der Waals surface area contributed by atoms with Gasteiger partial charge in [-0.05, 0) is 12.3 Å². The lowest BCUT2D eigenvalue weighted by Crippen LogP contribution is -2.31. The summed E-state index contributed by atoms with van der Waals surface area (Å²) >= 11 is 0. The van der Waals surface area contributed by atoms with Gasteiger partial charge in [0.1, 0.15) is 11.6 Å². The van der Waals surface area contributed by atoms with E-state index in [0.29, 0.717) is 0 Å². The van der Waals surface area contributed by atoms with E-state index < -0.39 is 12.0 Å². The Morgan fingerprint density at radius 1 is 1.22 bits per heavy atom. The third-order valence-corrected chi connectivity index (χ3v) is 2.66. The van der Waals surface area contributed by atoms with Crippen LogP contribution in [0.4, 0.5) is 24.8 Å². The van der Waals surface area contributed by atoms with Crippen molar-refractivity contribution in [3.63, 3.8) is 0 Å². The first kappa shape index (κ1) is 14.5. The van der Waals surface area contributed by atoms with Gasteiger partial charge < -0.3 is 11.1 Å². The third kappa shape index (κ3) is 3.75. The van der Waals surface area contributed by atoms with E-state index >= 15 is 0 Å². The molecule has 1 heterocycles. The summed E-state index contributed by atoms with van der Waals surface area (Å²) in [5.74, 6) is -1.36. The van der Waals surface area contributed by atoms with Crippen LogP contribution in [0.5, 0.6) is 0 Å². The summed E-state index contributed by atoms with van der Waals surface area (Å²) < 4.78 is 37.5. The molecular formula is C11H17F3N4. The van der Waals surface area contributed by atoms with Gasteiger partial charge in [-0.1, -0.05) is 20.8 Å². The first-order chi connectivity index (χ1) is 8.00. The maximum atomic E-state index is 12.5. The highest BCUT2D eigenvalue weighted by atomic mass is 19.4. The second-order valence-corrected chi connectivity index (χ2v) is 5.23. The van der Waals surface area contributed by atoms with Crippen LogP contribution in [0.1, 0.15) is 33.5 Å². The number of halogens is 3. The standard InChI is InChI=1S/C11H17F3N4/c1-6(10(2,3)4)16-8-5-7(15)17-9(18-8)11(12,13)14/h5-6H,1-4H3,(H3,15,16,17,18). The Morgan fingerprint density at radius 2 is 1.78 bits per heavy atom. The number of nitrogens with two attached hydrogens (primary N) is 1. The van der Waals surface area contributed by atoms with E-state index in [1.54, 1.807) is 0 Å². The van der Waals surface area contributed by atoms with Gasteiger partial charge >= 0.3 is 6.18 Å². The van der Waals surface area contributed by atoms with Gasteiger partial charge in [0, 0.05) is 12.1 Å². The van der Waals surface area contributed by atoms with E-state index in [9.17, 15) is 13.2 Å². The predicted octanol–water partition coefficient (Wildman–Crippen LogP) is 2.92. The van der Waals surface area contributed by atoms with Crippen molar-refractivity contribution in [2.24, 2.45) is 5.41 Å². The molecule has 0 aliphatic rings. The summed E-state index contributed by atoms with van der Waals surface area (Å²) in [6.07, 6.45) is -4.60. The molecule has 0 saturated heterocycles. The molecule has 0 radical (unpaired) electrons. The lowest BCUT2D eigenvalue weighted by Gasteiger charge is -2.28. The minimum Gasteiger partial charge on any atom is -0.384 e. The van der Waals surface area contributed by atoms with Crippen molar-refractivity contribution in [2.45, 2.75) is 39.9 Å². The number of anilines is 2. The molecule has 0 aliphatic carbocycles. The van der Waals surface area contributed by atoms with Crippen molar-refractivity contribution >= 4 is 11.6 Å². The highest BCUT2D eigenvalue weighted by Gasteiger charge is 2.35. The molecule has 1 rings (SSSR count).